The van der Waals surface area contributed by atoms with Gasteiger partial charge in [-0.3, -0.25) is 14.3 Å². The first-order valence-electron chi connectivity index (χ1n) is 6.54. The van der Waals surface area contributed by atoms with Gasteiger partial charge in [0, 0.05) is 33.0 Å². The molecule has 0 unspecified atom stereocenters. The standard InChI is InChI=1S/C13H19N3O4/c1-9-10(7-16(2)15-9)11(17)14-8-13(12(18)19)3-5-20-6-4-13/h7H,3-6,8H2,1-2H3,(H,14,17)(H,18,19). The third-order valence-electron chi connectivity index (χ3n) is 3.75. The van der Waals surface area contributed by atoms with E-state index < -0.39 is 11.4 Å². The van der Waals surface area contributed by atoms with E-state index in [1.807, 2.05) is 0 Å². The summed E-state index contributed by atoms with van der Waals surface area (Å²) >= 11 is 0. The molecule has 0 radical (unpaired) electrons. The number of carboxylic acid groups (broad SMARTS) is 1. The Morgan fingerprint density at radius 1 is 1.50 bits per heavy atom. The predicted molar refractivity (Wildman–Crippen MR) is 70.4 cm³/mol. The number of hydrogen-bond donors (Lipinski definition) is 2. The summed E-state index contributed by atoms with van der Waals surface area (Å²) in [6.45, 7) is 2.68. The fourth-order valence-electron chi connectivity index (χ4n) is 2.40. The highest BCUT2D eigenvalue weighted by Gasteiger charge is 2.40. The topological polar surface area (TPSA) is 93.5 Å². The van der Waals surface area contributed by atoms with Crippen molar-refractivity contribution < 1.29 is 19.4 Å². The van der Waals surface area contributed by atoms with Gasteiger partial charge in [0.2, 0.25) is 0 Å². The van der Waals surface area contributed by atoms with E-state index in [2.05, 4.69) is 10.4 Å². The van der Waals surface area contributed by atoms with E-state index in [4.69, 9.17) is 4.74 Å². The molecule has 1 aromatic heterocycles. The van der Waals surface area contributed by atoms with Crippen LogP contribution in [0.5, 0.6) is 0 Å². The Kier molecular flexibility index (Phi) is 4.08. The lowest BCUT2D eigenvalue weighted by Gasteiger charge is -2.33. The highest BCUT2D eigenvalue weighted by Crippen LogP contribution is 2.30. The molecule has 1 aliphatic rings. The summed E-state index contributed by atoms with van der Waals surface area (Å²) < 4.78 is 6.76. The first-order valence-corrected chi connectivity index (χ1v) is 6.54. The summed E-state index contributed by atoms with van der Waals surface area (Å²) in [6.07, 6.45) is 2.45. The highest BCUT2D eigenvalue weighted by molar-refractivity contribution is 5.95. The van der Waals surface area contributed by atoms with Gasteiger partial charge in [-0.15, -0.1) is 0 Å². The van der Waals surface area contributed by atoms with Crippen molar-refractivity contribution in [2.45, 2.75) is 19.8 Å². The van der Waals surface area contributed by atoms with Crippen molar-refractivity contribution in [3.8, 4) is 0 Å². The molecule has 0 bridgehead atoms. The van der Waals surface area contributed by atoms with Crippen LogP contribution >= 0.6 is 0 Å². The van der Waals surface area contributed by atoms with Gasteiger partial charge in [-0.25, -0.2) is 0 Å². The molecular formula is C13H19N3O4. The second-order valence-electron chi connectivity index (χ2n) is 5.18. The molecule has 2 N–H and O–H groups in total. The van der Waals surface area contributed by atoms with Crippen LogP contribution in [0.15, 0.2) is 6.20 Å². The van der Waals surface area contributed by atoms with E-state index in [9.17, 15) is 14.7 Å². The average molecular weight is 281 g/mol. The number of aromatic nitrogens is 2. The molecule has 2 heterocycles. The zero-order valence-corrected chi connectivity index (χ0v) is 11.7. The average Bonchev–Trinajstić information content (AvgIpc) is 2.76. The molecule has 0 atom stereocenters. The SMILES string of the molecule is Cc1nn(C)cc1C(=O)NCC1(C(=O)O)CCOCC1. The van der Waals surface area contributed by atoms with Crippen LogP contribution in [-0.4, -0.2) is 46.5 Å². The second kappa shape index (κ2) is 5.62. The van der Waals surface area contributed by atoms with Crippen molar-refractivity contribution in [1.82, 2.24) is 15.1 Å². The van der Waals surface area contributed by atoms with Gasteiger partial charge in [-0.1, -0.05) is 0 Å². The normalized spacial score (nSPS) is 17.7. The minimum Gasteiger partial charge on any atom is -0.481 e. The van der Waals surface area contributed by atoms with Crippen LogP contribution in [0.3, 0.4) is 0 Å². The Labute approximate surface area is 116 Å². The van der Waals surface area contributed by atoms with Gasteiger partial charge in [0.15, 0.2) is 0 Å². The molecule has 1 fully saturated rings. The van der Waals surface area contributed by atoms with Crippen LogP contribution in [0.25, 0.3) is 0 Å². The number of aliphatic carboxylic acids is 1. The lowest BCUT2D eigenvalue weighted by molar-refractivity contribution is -0.154. The minimum atomic E-state index is -0.927. The van der Waals surface area contributed by atoms with Crippen molar-refractivity contribution in [2.24, 2.45) is 12.5 Å². The zero-order chi connectivity index (χ0) is 14.8. The van der Waals surface area contributed by atoms with Crippen LogP contribution in [0, 0.1) is 12.3 Å². The lowest BCUT2D eigenvalue weighted by atomic mass is 9.80. The van der Waals surface area contributed by atoms with E-state index in [1.54, 1.807) is 24.9 Å². The lowest BCUT2D eigenvalue weighted by Crippen LogP contribution is -2.46. The Morgan fingerprint density at radius 2 is 2.15 bits per heavy atom. The van der Waals surface area contributed by atoms with Gasteiger partial charge in [-0.05, 0) is 19.8 Å². The summed E-state index contributed by atoms with van der Waals surface area (Å²) in [4.78, 5) is 23.6. The molecule has 2 rings (SSSR count). The number of carbonyl (C=O) groups excluding carboxylic acids is 1. The van der Waals surface area contributed by atoms with E-state index >= 15 is 0 Å². The van der Waals surface area contributed by atoms with Gasteiger partial charge in [0.1, 0.15) is 0 Å². The number of nitrogens with one attached hydrogen (secondary N) is 1. The van der Waals surface area contributed by atoms with Gasteiger partial charge in [0.25, 0.3) is 5.91 Å². The number of rotatable bonds is 4. The molecule has 0 aliphatic carbocycles. The largest absolute Gasteiger partial charge is 0.481 e. The summed E-state index contributed by atoms with van der Waals surface area (Å²) in [6, 6.07) is 0. The third-order valence-corrected chi connectivity index (χ3v) is 3.75. The van der Waals surface area contributed by atoms with Crippen molar-refractivity contribution in [3.63, 3.8) is 0 Å². The number of ether oxygens (including phenoxy) is 1. The molecule has 1 aliphatic heterocycles. The minimum absolute atomic E-state index is 0.110. The fourth-order valence-corrected chi connectivity index (χ4v) is 2.40. The van der Waals surface area contributed by atoms with Crippen molar-refractivity contribution in [2.75, 3.05) is 19.8 Å². The molecule has 1 saturated heterocycles. The molecule has 0 aromatic carbocycles. The summed E-state index contributed by atoms with van der Waals surface area (Å²) in [5.41, 5.74) is 0.172. The van der Waals surface area contributed by atoms with Crippen molar-refractivity contribution in [3.05, 3.63) is 17.5 Å². The zero-order valence-electron chi connectivity index (χ0n) is 11.7. The first-order chi connectivity index (χ1) is 9.44. The van der Waals surface area contributed by atoms with Crippen LogP contribution in [0.2, 0.25) is 0 Å². The molecular weight excluding hydrogens is 262 g/mol. The van der Waals surface area contributed by atoms with Crippen molar-refractivity contribution in [1.29, 1.82) is 0 Å². The van der Waals surface area contributed by atoms with E-state index in [-0.39, 0.29) is 12.5 Å². The molecule has 1 aromatic rings. The van der Waals surface area contributed by atoms with E-state index in [0.29, 0.717) is 37.3 Å². The first kappa shape index (κ1) is 14.5. The van der Waals surface area contributed by atoms with Crippen molar-refractivity contribution >= 4 is 11.9 Å². The molecule has 7 nitrogen and oxygen atoms in total. The van der Waals surface area contributed by atoms with Crippen LogP contribution < -0.4 is 5.32 Å². The van der Waals surface area contributed by atoms with Gasteiger partial charge >= 0.3 is 5.97 Å². The van der Waals surface area contributed by atoms with Gasteiger partial charge in [0.05, 0.1) is 16.7 Å². The smallest absolute Gasteiger partial charge is 0.311 e. The number of carbonyl (C=O) groups is 2. The van der Waals surface area contributed by atoms with E-state index in [1.165, 1.54) is 0 Å². The maximum absolute atomic E-state index is 12.1. The summed E-state index contributed by atoms with van der Waals surface area (Å²) in [5.74, 6) is -1.17. The maximum atomic E-state index is 12.1. The maximum Gasteiger partial charge on any atom is 0.311 e. The fraction of sp³-hybridized carbons (Fsp3) is 0.615. The molecule has 7 heteroatoms. The molecule has 0 saturated carbocycles. The number of nitrogens with zero attached hydrogens (tertiary/aromatic N) is 2. The number of hydrogen-bond acceptors (Lipinski definition) is 4. The number of aryl methyl sites for hydroxylation is 2. The van der Waals surface area contributed by atoms with Crippen LogP contribution in [-0.2, 0) is 16.6 Å². The highest BCUT2D eigenvalue weighted by atomic mass is 16.5. The summed E-state index contributed by atoms with van der Waals surface area (Å²) in [7, 11) is 1.74. The molecule has 110 valence electrons. The number of carboxylic acids is 1. The van der Waals surface area contributed by atoms with Crippen LogP contribution in [0.1, 0.15) is 28.9 Å². The second-order valence-corrected chi connectivity index (χ2v) is 5.18. The van der Waals surface area contributed by atoms with Crippen LogP contribution in [0.4, 0.5) is 0 Å². The Morgan fingerprint density at radius 3 is 2.65 bits per heavy atom. The Hall–Kier alpha value is -1.89. The van der Waals surface area contributed by atoms with E-state index in [0.717, 1.165) is 0 Å². The monoisotopic (exact) mass is 281 g/mol. The molecule has 1 amide bonds. The number of amides is 1. The predicted octanol–water partition coefficient (Wildman–Crippen LogP) is 0.340. The Balaban J connectivity index is 2.04. The Bertz CT molecular complexity index is 518. The quantitative estimate of drug-likeness (QED) is 0.830. The van der Waals surface area contributed by atoms with Gasteiger partial charge in [-0.2, -0.15) is 5.10 Å². The third kappa shape index (κ3) is 2.82. The molecule has 20 heavy (non-hydrogen) atoms. The van der Waals surface area contributed by atoms with Gasteiger partial charge < -0.3 is 15.2 Å². The summed E-state index contributed by atoms with van der Waals surface area (Å²) in [5, 5.41) is 16.2. The molecule has 0 spiro atoms.